The maximum atomic E-state index is 13.0. The van der Waals surface area contributed by atoms with E-state index >= 15 is 0 Å². The standard InChI is InChI=1S/C19H11ClF3N3O2/c20-11-7-5-10(6-8-11)15(14-9-24-18(25-14)19(21,22)23)26-16(27)12-3-1-2-4-13(12)17(26)28/h1-9,15H,(H,24,25). The fraction of sp³-hybridized carbons (Fsp3) is 0.105. The van der Waals surface area contributed by atoms with Gasteiger partial charge in [-0.15, -0.1) is 0 Å². The number of H-pyrrole nitrogens is 1. The van der Waals surface area contributed by atoms with Gasteiger partial charge in [0.1, 0.15) is 6.04 Å². The lowest BCUT2D eigenvalue weighted by Gasteiger charge is -2.25. The molecular formula is C19H11ClF3N3O2. The van der Waals surface area contributed by atoms with Gasteiger partial charge in [0.05, 0.1) is 23.0 Å². The van der Waals surface area contributed by atoms with Crippen molar-refractivity contribution in [3.05, 3.63) is 88.0 Å². The number of nitrogens with zero attached hydrogens (tertiary/aromatic N) is 2. The third kappa shape index (κ3) is 2.95. The molecule has 0 aliphatic carbocycles. The van der Waals surface area contributed by atoms with Crippen molar-refractivity contribution in [3.63, 3.8) is 0 Å². The number of aromatic amines is 1. The number of aromatic nitrogens is 2. The lowest BCUT2D eigenvalue weighted by Crippen LogP contribution is -2.35. The van der Waals surface area contributed by atoms with E-state index in [-0.39, 0.29) is 16.8 Å². The summed E-state index contributed by atoms with van der Waals surface area (Å²) in [4.78, 5) is 32.3. The van der Waals surface area contributed by atoms with Crippen LogP contribution in [0.5, 0.6) is 0 Å². The predicted octanol–water partition coefficient (Wildman–Crippen LogP) is 4.47. The molecular weight excluding hydrogens is 395 g/mol. The lowest BCUT2D eigenvalue weighted by atomic mass is 10.0. The van der Waals surface area contributed by atoms with Gasteiger partial charge in [0.25, 0.3) is 11.8 Å². The SMILES string of the molecule is O=C1c2ccccc2C(=O)N1C(c1ccc(Cl)cc1)c1cnc(C(F)(F)F)[nH]1. The average molecular weight is 406 g/mol. The molecule has 0 fully saturated rings. The van der Waals surface area contributed by atoms with Gasteiger partial charge >= 0.3 is 6.18 Å². The minimum absolute atomic E-state index is 0.0378. The van der Waals surface area contributed by atoms with E-state index in [2.05, 4.69) is 9.97 Å². The molecule has 1 atom stereocenters. The van der Waals surface area contributed by atoms with Crippen molar-refractivity contribution in [1.29, 1.82) is 0 Å². The van der Waals surface area contributed by atoms with Crippen molar-refractivity contribution in [2.75, 3.05) is 0 Å². The Morgan fingerprint density at radius 2 is 1.54 bits per heavy atom. The number of halogens is 4. The van der Waals surface area contributed by atoms with Gasteiger partial charge in [-0.1, -0.05) is 35.9 Å². The number of nitrogens with one attached hydrogen (secondary N) is 1. The van der Waals surface area contributed by atoms with E-state index < -0.39 is 29.9 Å². The van der Waals surface area contributed by atoms with Crippen molar-refractivity contribution >= 4 is 23.4 Å². The number of imide groups is 1. The number of benzene rings is 2. The minimum Gasteiger partial charge on any atom is -0.336 e. The van der Waals surface area contributed by atoms with Crippen LogP contribution in [-0.4, -0.2) is 26.7 Å². The molecule has 0 spiro atoms. The Balaban J connectivity index is 1.85. The molecule has 1 aliphatic rings. The topological polar surface area (TPSA) is 66.1 Å². The second-order valence-corrected chi connectivity index (χ2v) is 6.60. The molecule has 9 heteroatoms. The van der Waals surface area contributed by atoms with Gasteiger partial charge in [-0.3, -0.25) is 14.5 Å². The van der Waals surface area contributed by atoms with Crippen LogP contribution < -0.4 is 0 Å². The van der Waals surface area contributed by atoms with Crippen LogP contribution in [0.15, 0.2) is 54.7 Å². The van der Waals surface area contributed by atoms with Crippen LogP contribution >= 0.6 is 11.6 Å². The number of hydrogen-bond acceptors (Lipinski definition) is 3. The van der Waals surface area contributed by atoms with Crippen molar-refractivity contribution < 1.29 is 22.8 Å². The highest BCUT2D eigenvalue weighted by Crippen LogP contribution is 2.37. The van der Waals surface area contributed by atoms with E-state index in [4.69, 9.17) is 11.6 Å². The molecule has 142 valence electrons. The number of amides is 2. The summed E-state index contributed by atoms with van der Waals surface area (Å²) in [7, 11) is 0. The van der Waals surface area contributed by atoms with Gasteiger partial charge in [0.15, 0.2) is 0 Å². The molecule has 0 saturated carbocycles. The summed E-state index contributed by atoms with van der Waals surface area (Å²) in [6, 6.07) is 11.3. The normalized spacial score (nSPS) is 15.1. The number of rotatable bonds is 3. The molecule has 2 aromatic carbocycles. The van der Waals surface area contributed by atoms with Crippen molar-refractivity contribution in [2.24, 2.45) is 0 Å². The maximum Gasteiger partial charge on any atom is 0.449 e. The third-order valence-corrected chi connectivity index (χ3v) is 4.68. The Morgan fingerprint density at radius 1 is 0.964 bits per heavy atom. The fourth-order valence-electron chi connectivity index (χ4n) is 3.17. The van der Waals surface area contributed by atoms with Crippen molar-refractivity contribution in [1.82, 2.24) is 14.9 Å². The molecule has 28 heavy (non-hydrogen) atoms. The van der Waals surface area contributed by atoms with Crippen LogP contribution in [0.1, 0.15) is 43.8 Å². The van der Waals surface area contributed by atoms with E-state index in [9.17, 15) is 22.8 Å². The Hall–Kier alpha value is -3.13. The van der Waals surface area contributed by atoms with Gasteiger partial charge in [-0.2, -0.15) is 13.2 Å². The highest BCUT2D eigenvalue weighted by molar-refractivity contribution is 6.30. The van der Waals surface area contributed by atoms with Crippen LogP contribution in [0.3, 0.4) is 0 Å². The van der Waals surface area contributed by atoms with Crippen LogP contribution in [0.4, 0.5) is 13.2 Å². The first kappa shape index (κ1) is 18.2. The number of alkyl halides is 3. The second kappa shape index (κ2) is 6.49. The summed E-state index contributed by atoms with van der Waals surface area (Å²) < 4.78 is 39.0. The maximum absolute atomic E-state index is 13.0. The van der Waals surface area contributed by atoms with Gasteiger partial charge in [0.2, 0.25) is 5.82 Å². The Labute approximate surface area is 161 Å². The van der Waals surface area contributed by atoms with Crippen LogP contribution in [0, 0.1) is 0 Å². The highest BCUT2D eigenvalue weighted by atomic mass is 35.5. The zero-order valence-electron chi connectivity index (χ0n) is 14.0. The molecule has 5 nitrogen and oxygen atoms in total. The van der Waals surface area contributed by atoms with Gasteiger partial charge in [-0.05, 0) is 29.8 Å². The molecule has 0 bridgehead atoms. The first-order chi connectivity index (χ1) is 13.3. The number of imidazole rings is 1. The largest absolute Gasteiger partial charge is 0.449 e. The third-order valence-electron chi connectivity index (χ3n) is 4.43. The predicted molar refractivity (Wildman–Crippen MR) is 93.8 cm³/mol. The van der Waals surface area contributed by atoms with E-state index in [0.29, 0.717) is 10.6 Å². The number of fused-ring (bicyclic) bond motifs is 1. The molecule has 1 unspecified atom stereocenters. The minimum atomic E-state index is -4.69. The zero-order valence-corrected chi connectivity index (χ0v) is 14.8. The van der Waals surface area contributed by atoms with Crippen molar-refractivity contribution in [2.45, 2.75) is 12.2 Å². The van der Waals surface area contributed by atoms with E-state index in [1.54, 1.807) is 24.3 Å². The first-order valence-corrected chi connectivity index (χ1v) is 8.49. The summed E-state index contributed by atoms with van der Waals surface area (Å²) in [6.45, 7) is 0. The molecule has 2 heterocycles. The summed E-state index contributed by atoms with van der Waals surface area (Å²) in [5.74, 6) is -2.40. The van der Waals surface area contributed by atoms with Crippen molar-refractivity contribution in [3.8, 4) is 0 Å². The second-order valence-electron chi connectivity index (χ2n) is 6.16. The molecule has 0 radical (unpaired) electrons. The Bertz CT molecular complexity index is 1040. The van der Waals surface area contributed by atoms with Crippen LogP contribution in [-0.2, 0) is 6.18 Å². The number of carbonyl (C=O) groups excluding carboxylic acids is 2. The van der Waals surface area contributed by atoms with Crippen LogP contribution in [0.25, 0.3) is 0 Å². The number of hydrogen-bond donors (Lipinski definition) is 1. The monoisotopic (exact) mass is 405 g/mol. The van der Waals surface area contributed by atoms with Gasteiger partial charge < -0.3 is 4.98 Å². The Morgan fingerprint density at radius 3 is 2.04 bits per heavy atom. The summed E-state index contributed by atoms with van der Waals surface area (Å²) in [5, 5.41) is 0.408. The fourth-order valence-corrected chi connectivity index (χ4v) is 3.30. The molecule has 3 aromatic rings. The zero-order chi connectivity index (χ0) is 20.1. The van der Waals surface area contributed by atoms with E-state index in [1.165, 1.54) is 24.3 Å². The molecule has 1 aliphatic heterocycles. The highest BCUT2D eigenvalue weighted by Gasteiger charge is 2.43. The van der Waals surface area contributed by atoms with Gasteiger partial charge in [0, 0.05) is 5.02 Å². The molecule has 0 saturated heterocycles. The Kier molecular flexibility index (Phi) is 4.23. The van der Waals surface area contributed by atoms with E-state index in [1.807, 2.05) is 0 Å². The van der Waals surface area contributed by atoms with Gasteiger partial charge in [-0.25, -0.2) is 4.98 Å². The molecule has 2 amide bonds. The summed E-state index contributed by atoms with van der Waals surface area (Å²) in [5.41, 5.74) is 0.768. The molecule has 1 N–H and O–H groups in total. The van der Waals surface area contributed by atoms with Crippen LogP contribution in [0.2, 0.25) is 5.02 Å². The smallest absolute Gasteiger partial charge is 0.336 e. The number of carbonyl (C=O) groups is 2. The van der Waals surface area contributed by atoms with E-state index in [0.717, 1.165) is 11.1 Å². The molecule has 4 rings (SSSR count). The molecule has 1 aromatic heterocycles. The summed E-state index contributed by atoms with van der Waals surface area (Å²) >= 11 is 5.90. The lowest BCUT2D eigenvalue weighted by molar-refractivity contribution is -0.144. The first-order valence-electron chi connectivity index (χ1n) is 8.12. The average Bonchev–Trinajstić information content (AvgIpc) is 3.24. The quantitative estimate of drug-likeness (QED) is 0.654. The summed E-state index contributed by atoms with van der Waals surface area (Å²) in [6.07, 6.45) is -3.71.